The van der Waals surface area contributed by atoms with Gasteiger partial charge in [0.25, 0.3) is 0 Å². The van der Waals surface area contributed by atoms with E-state index in [9.17, 15) is 4.79 Å². The molecule has 2 heterocycles. The van der Waals surface area contributed by atoms with Gasteiger partial charge in [-0.15, -0.1) is 11.3 Å². The van der Waals surface area contributed by atoms with Gasteiger partial charge in [-0.2, -0.15) is 0 Å². The number of nitrogens with one attached hydrogen (secondary N) is 2. The molecule has 1 aliphatic carbocycles. The van der Waals surface area contributed by atoms with Crippen LogP contribution in [0.3, 0.4) is 0 Å². The van der Waals surface area contributed by atoms with Gasteiger partial charge < -0.3 is 10.6 Å². The van der Waals surface area contributed by atoms with Gasteiger partial charge in [-0.05, 0) is 58.5 Å². The molecule has 1 aromatic heterocycles. The Labute approximate surface area is 159 Å². The summed E-state index contributed by atoms with van der Waals surface area (Å²) in [7, 11) is 0. The first kappa shape index (κ1) is 17.7. The molecule has 0 radical (unpaired) electrons. The van der Waals surface area contributed by atoms with Crippen molar-refractivity contribution in [3.05, 3.63) is 40.4 Å². The maximum absolute atomic E-state index is 12.7. The molecule has 4 rings (SSSR count). The van der Waals surface area contributed by atoms with Crippen LogP contribution in [0.1, 0.15) is 48.4 Å². The number of hydrogen-bond donors (Lipinski definition) is 2. The molecule has 1 saturated carbocycles. The summed E-state index contributed by atoms with van der Waals surface area (Å²) in [5, 5.41) is 7.68. The van der Waals surface area contributed by atoms with Gasteiger partial charge in [0.15, 0.2) is 0 Å². The summed E-state index contributed by atoms with van der Waals surface area (Å²) in [6.07, 6.45) is 3.33. The number of carbonyl (C=O) groups excluding carboxylic acids is 1. The molecule has 2 atom stereocenters. The number of hydrogen-bond acceptors (Lipinski definition) is 4. The van der Waals surface area contributed by atoms with Crippen LogP contribution in [0.5, 0.6) is 0 Å². The van der Waals surface area contributed by atoms with Crippen molar-refractivity contribution >= 4 is 17.2 Å². The molecule has 138 valence electrons. The van der Waals surface area contributed by atoms with E-state index in [2.05, 4.69) is 48.7 Å². The van der Waals surface area contributed by atoms with Crippen molar-refractivity contribution < 1.29 is 4.79 Å². The highest BCUT2D eigenvalue weighted by Crippen LogP contribution is 2.58. The molecule has 1 saturated heterocycles. The number of aromatic nitrogens is 1. The van der Waals surface area contributed by atoms with E-state index in [0.29, 0.717) is 0 Å². The molecule has 2 fully saturated rings. The Morgan fingerprint density at radius 2 is 1.96 bits per heavy atom. The van der Waals surface area contributed by atoms with E-state index in [1.54, 1.807) is 11.3 Å². The summed E-state index contributed by atoms with van der Waals surface area (Å²) >= 11 is 1.69. The summed E-state index contributed by atoms with van der Waals surface area (Å²) in [6.45, 7) is 8.31. The van der Waals surface area contributed by atoms with E-state index in [0.717, 1.165) is 53.5 Å². The topological polar surface area (TPSA) is 54.0 Å². The highest BCUT2D eigenvalue weighted by molar-refractivity contribution is 7.15. The quantitative estimate of drug-likeness (QED) is 0.857. The number of amides is 1. The molecular formula is C21H27N3OS. The fourth-order valence-corrected chi connectivity index (χ4v) is 5.28. The minimum absolute atomic E-state index is 0.0126. The predicted molar refractivity (Wildman–Crippen MR) is 106 cm³/mol. The lowest BCUT2D eigenvalue weighted by Gasteiger charge is -2.23. The zero-order chi connectivity index (χ0) is 18.3. The number of aryl methyl sites for hydroxylation is 2. The fourth-order valence-electron chi connectivity index (χ4n) is 4.20. The Hall–Kier alpha value is -1.72. The summed E-state index contributed by atoms with van der Waals surface area (Å²) in [5.41, 5.74) is 3.69. The highest BCUT2D eigenvalue weighted by Gasteiger charge is 2.57. The zero-order valence-electron chi connectivity index (χ0n) is 15.8. The van der Waals surface area contributed by atoms with Crippen molar-refractivity contribution in [2.75, 3.05) is 13.1 Å². The maximum Gasteiger partial charge on any atom is 0.224 e. The van der Waals surface area contributed by atoms with E-state index in [-0.39, 0.29) is 23.3 Å². The van der Waals surface area contributed by atoms with Gasteiger partial charge in [0.1, 0.15) is 5.01 Å². The van der Waals surface area contributed by atoms with Crippen molar-refractivity contribution in [2.45, 2.75) is 46.1 Å². The average molecular weight is 370 g/mol. The number of nitrogens with zero attached hydrogens (tertiary/aromatic N) is 1. The lowest BCUT2D eigenvalue weighted by Crippen LogP contribution is -2.34. The standard InChI is InChI=1S/C21H27N3OS/c1-13-4-6-16(7-5-13)20-24-15(3)18(26-20)14(2)23-19(25)17-12-21(17)8-10-22-11-9-21/h4-7,14,17,22H,8-12H2,1-3H3,(H,23,25). The average Bonchev–Trinajstić information content (AvgIpc) is 3.17. The third-order valence-electron chi connectivity index (χ3n) is 5.99. The van der Waals surface area contributed by atoms with Crippen LogP contribution in [-0.2, 0) is 4.79 Å². The highest BCUT2D eigenvalue weighted by atomic mass is 32.1. The first-order chi connectivity index (χ1) is 12.5. The van der Waals surface area contributed by atoms with E-state index in [1.807, 2.05) is 6.92 Å². The number of rotatable bonds is 4. The summed E-state index contributed by atoms with van der Waals surface area (Å²) < 4.78 is 0. The minimum Gasteiger partial charge on any atom is -0.348 e. The second-order valence-electron chi connectivity index (χ2n) is 7.93. The van der Waals surface area contributed by atoms with Gasteiger partial charge in [0.2, 0.25) is 5.91 Å². The van der Waals surface area contributed by atoms with Crippen LogP contribution in [0.4, 0.5) is 0 Å². The van der Waals surface area contributed by atoms with Crippen LogP contribution in [0.2, 0.25) is 0 Å². The third kappa shape index (κ3) is 3.30. The van der Waals surface area contributed by atoms with Gasteiger partial charge in [-0.3, -0.25) is 4.79 Å². The first-order valence-corrected chi connectivity index (χ1v) is 10.4. The SMILES string of the molecule is Cc1ccc(-c2nc(C)c(C(C)NC(=O)C3CC34CCNCC4)s2)cc1. The smallest absolute Gasteiger partial charge is 0.224 e. The van der Waals surface area contributed by atoms with E-state index in [1.165, 1.54) is 5.56 Å². The van der Waals surface area contributed by atoms with Crippen LogP contribution >= 0.6 is 11.3 Å². The molecular weight excluding hydrogens is 342 g/mol. The largest absolute Gasteiger partial charge is 0.348 e. The Bertz CT molecular complexity index is 805. The molecule has 4 nitrogen and oxygen atoms in total. The second-order valence-corrected chi connectivity index (χ2v) is 8.96. The van der Waals surface area contributed by atoms with Crippen molar-refractivity contribution in [1.29, 1.82) is 0 Å². The second kappa shape index (κ2) is 6.78. The van der Waals surface area contributed by atoms with Crippen molar-refractivity contribution in [3.63, 3.8) is 0 Å². The molecule has 2 aromatic rings. The van der Waals surface area contributed by atoms with Gasteiger partial charge in [-0.1, -0.05) is 29.8 Å². The molecule has 0 bridgehead atoms. The lowest BCUT2D eigenvalue weighted by molar-refractivity contribution is -0.123. The van der Waals surface area contributed by atoms with Crippen LogP contribution in [-0.4, -0.2) is 24.0 Å². The normalized spacial score (nSPS) is 22.2. The molecule has 1 spiro atoms. The van der Waals surface area contributed by atoms with Crippen LogP contribution in [0.25, 0.3) is 10.6 Å². The molecule has 1 amide bonds. The Morgan fingerprint density at radius 3 is 2.65 bits per heavy atom. The third-order valence-corrected chi connectivity index (χ3v) is 7.38. The maximum atomic E-state index is 12.7. The number of thiazole rings is 1. The molecule has 26 heavy (non-hydrogen) atoms. The van der Waals surface area contributed by atoms with Crippen LogP contribution in [0.15, 0.2) is 24.3 Å². The molecule has 5 heteroatoms. The van der Waals surface area contributed by atoms with Crippen LogP contribution < -0.4 is 10.6 Å². The van der Waals surface area contributed by atoms with Crippen molar-refractivity contribution in [2.24, 2.45) is 11.3 Å². The minimum atomic E-state index is 0.0126. The Kier molecular flexibility index (Phi) is 4.61. The zero-order valence-corrected chi connectivity index (χ0v) is 16.6. The van der Waals surface area contributed by atoms with Gasteiger partial charge in [0, 0.05) is 11.5 Å². The van der Waals surface area contributed by atoms with Gasteiger partial charge >= 0.3 is 0 Å². The molecule has 2 N–H and O–H groups in total. The monoisotopic (exact) mass is 369 g/mol. The molecule has 1 aliphatic heterocycles. The first-order valence-electron chi connectivity index (χ1n) is 9.54. The molecule has 2 unspecified atom stereocenters. The van der Waals surface area contributed by atoms with E-state index >= 15 is 0 Å². The Balaban J connectivity index is 1.44. The fraction of sp³-hybridized carbons (Fsp3) is 0.524. The number of benzene rings is 1. The van der Waals surface area contributed by atoms with Crippen LogP contribution in [0, 0.1) is 25.2 Å². The van der Waals surface area contributed by atoms with Gasteiger partial charge in [-0.25, -0.2) is 4.98 Å². The Morgan fingerprint density at radius 1 is 1.27 bits per heavy atom. The van der Waals surface area contributed by atoms with E-state index in [4.69, 9.17) is 4.98 Å². The van der Waals surface area contributed by atoms with Crippen molar-refractivity contribution in [1.82, 2.24) is 15.6 Å². The van der Waals surface area contributed by atoms with Crippen molar-refractivity contribution in [3.8, 4) is 10.6 Å². The molecule has 2 aliphatic rings. The molecule has 1 aromatic carbocycles. The lowest BCUT2D eigenvalue weighted by atomic mass is 9.91. The predicted octanol–water partition coefficient (Wildman–Crippen LogP) is 3.99. The van der Waals surface area contributed by atoms with E-state index < -0.39 is 0 Å². The number of carbonyl (C=O) groups is 1. The summed E-state index contributed by atoms with van der Waals surface area (Å²) in [4.78, 5) is 18.6. The van der Waals surface area contributed by atoms with Gasteiger partial charge in [0.05, 0.1) is 16.6 Å². The summed E-state index contributed by atoms with van der Waals surface area (Å²) in [5.74, 6) is 0.431. The summed E-state index contributed by atoms with van der Waals surface area (Å²) in [6, 6.07) is 8.47. The number of piperidine rings is 1.